The third-order valence-corrected chi connectivity index (χ3v) is 3.18. The van der Waals surface area contributed by atoms with Crippen LogP contribution in [-0.4, -0.2) is 16.6 Å². The van der Waals surface area contributed by atoms with Crippen molar-refractivity contribution in [2.45, 2.75) is 6.54 Å². The number of halogens is 1. The first-order valence-electron chi connectivity index (χ1n) is 5.15. The summed E-state index contributed by atoms with van der Waals surface area (Å²) in [6, 6.07) is 10.2. The summed E-state index contributed by atoms with van der Waals surface area (Å²) in [7, 11) is 3.97. The number of hydrogen-bond donors (Lipinski definition) is 1. The lowest BCUT2D eigenvalue weighted by Gasteiger charge is -2.05. The third-order valence-electron chi connectivity index (χ3n) is 2.54. The van der Waals surface area contributed by atoms with E-state index in [1.165, 1.54) is 0 Å². The van der Waals surface area contributed by atoms with Gasteiger partial charge in [-0.05, 0) is 23.0 Å². The van der Waals surface area contributed by atoms with Gasteiger partial charge < -0.3 is 9.88 Å². The molecule has 0 atom stereocenters. The molecule has 1 N–H and O–H groups in total. The largest absolute Gasteiger partial charge is 0.329 e. The fraction of sp³-hybridized carbons (Fsp3) is 0.250. The van der Waals surface area contributed by atoms with Gasteiger partial charge in [-0.2, -0.15) is 0 Å². The van der Waals surface area contributed by atoms with Gasteiger partial charge in [0.2, 0.25) is 0 Å². The van der Waals surface area contributed by atoms with Crippen LogP contribution in [0.2, 0.25) is 0 Å². The molecular formula is C12H14BrN3. The quantitative estimate of drug-likeness (QED) is 0.936. The fourth-order valence-corrected chi connectivity index (χ4v) is 2.28. The minimum Gasteiger partial charge on any atom is -0.329 e. The molecule has 0 aliphatic heterocycles. The van der Waals surface area contributed by atoms with Crippen LogP contribution >= 0.6 is 15.9 Å². The predicted octanol–water partition coefficient (Wildman–Crippen LogP) is 2.57. The minimum absolute atomic E-state index is 0.802. The number of nitrogens with zero attached hydrogens (tertiary/aromatic N) is 2. The van der Waals surface area contributed by atoms with Gasteiger partial charge in [0, 0.05) is 19.2 Å². The molecule has 0 unspecified atom stereocenters. The van der Waals surface area contributed by atoms with E-state index in [1.54, 1.807) is 0 Å². The first-order valence-corrected chi connectivity index (χ1v) is 5.94. The van der Waals surface area contributed by atoms with Crippen LogP contribution in [0.1, 0.15) is 5.69 Å². The maximum Gasteiger partial charge on any atom is 0.141 e. The smallest absolute Gasteiger partial charge is 0.141 e. The summed E-state index contributed by atoms with van der Waals surface area (Å²) in [6.45, 7) is 0.802. The van der Waals surface area contributed by atoms with E-state index in [0.29, 0.717) is 0 Å². The Morgan fingerprint density at radius 1 is 1.31 bits per heavy atom. The van der Waals surface area contributed by atoms with E-state index in [-0.39, 0.29) is 0 Å². The molecule has 0 aliphatic rings. The van der Waals surface area contributed by atoms with Gasteiger partial charge in [0.15, 0.2) is 0 Å². The zero-order chi connectivity index (χ0) is 11.5. The molecule has 3 nitrogen and oxygen atoms in total. The van der Waals surface area contributed by atoms with Gasteiger partial charge in [-0.25, -0.2) is 4.98 Å². The van der Waals surface area contributed by atoms with Crippen molar-refractivity contribution in [1.29, 1.82) is 0 Å². The number of benzene rings is 1. The van der Waals surface area contributed by atoms with Crippen molar-refractivity contribution in [2.24, 2.45) is 7.05 Å². The summed E-state index contributed by atoms with van der Waals surface area (Å²) in [4.78, 5) is 4.54. The molecular weight excluding hydrogens is 266 g/mol. The van der Waals surface area contributed by atoms with Crippen LogP contribution in [0.4, 0.5) is 0 Å². The Bertz CT molecular complexity index is 477. The first kappa shape index (κ1) is 11.4. The van der Waals surface area contributed by atoms with E-state index in [2.05, 4.69) is 42.9 Å². The van der Waals surface area contributed by atoms with E-state index < -0.39 is 0 Å². The molecule has 1 aromatic heterocycles. The summed E-state index contributed by atoms with van der Waals surface area (Å²) >= 11 is 3.49. The molecule has 0 amide bonds. The highest BCUT2D eigenvalue weighted by molar-refractivity contribution is 9.10. The highest BCUT2D eigenvalue weighted by Gasteiger charge is 2.12. The summed E-state index contributed by atoms with van der Waals surface area (Å²) in [5, 5.41) is 3.14. The molecule has 0 saturated carbocycles. The molecule has 0 fully saturated rings. The van der Waals surface area contributed by atoms with E-state index in [4.69, 9.17) is 0 Å². The zero-order valence-electron chi connectivity index (χ0n) is 9.37. The molecule has 0 radical (unpaired) electrons. The Labute approximate surface area is 104 Å². The van der Waals surface area contributed by atoms with Gasteiger partial charge in [0.1, 0.15) is 10.4 Å². The van der Waals surface area contributed by atoms with Crippen LogP contribution in [-0.2, 0) is 13.6 Å². The average Bonchev–Trinajstić information content (AvgIpc) is 2.59. The molecule has 84 valence electrons. The van der Waals surface area contributed by atoms with Crippen molar-refractivity contribution in [1.82, 2.24) is 14.9 Å². The second-order valence-corrected chi connectivity index (χ2v) is 4.38. The summed E-state index contributed by atoms with van der Waals surface area (Å²) in [6.07, 6.45) is 0. The van der Waals surface area contributed by atoms with Crippen molar-refractivity contribution < 1.29 is 0 Å². The molecule has 0 spiro atoms. The van der Waals surface area contributed by atoms with Gasteiger partial charge >= 0.3 is 0 Å². The van der Waals surface area contributed by atoms with E-state index in [0.717, 1.165) is 28.2 Å². The van der Waals surface area contributed by atoms with Crippen molar-refractivity contribution in [2.75, 3.05) is 7.05 Å². The Morgan fingerprint density at radius 3 is 2.62 bits per heavy atom. The van der Waals surface area contributed by atoms with Crippen molar-refractivity contribution in [3.05, 3.63) is 40.6 Å². The second kappa shape index (κ2) is 4.80. The summed E-state index contributed by atoms with van der Waals surface area (Å²) in [5.74, 6) is 0.984. The average molecular weight is 280 g/mol. The number of hydrogen-bond acceptors (Lipinski definition) is 2. The Kier molecular flexibility index (Phi) is 3.41. The van der Waals surface area contributed by atoms with Gasteiger partial charge in [-0.15, -0.1) is 0 Å². The highest BCUT2D eigenvalue weighted by atomic mass is 79.9. The van der Waals surface area contributed by atoms with Crippen LogP contribution in [0.25, 0.3) is 11.4 Å². The van der Waals surface area contributed by atoms with Gasteiger partial charge in [0.05, 0.1) is 5.69 Å². The fourth-order valence-electron chi connectivity index (χ4n) is 1.70. The molecule has 2 aromatic rings. The molecule has 0 saturated heterocycles. The Balaban J connectivity index is 2.47. The Morgan fingerprint density at radius 2 is 2.00 bits per heavy atom. The molecule has 16 heavy (non-hydrogen) atoms. The normalized spacial score (nSPS) is 10.7. The molecule has 2 rings (SSSR count). The van der Waals surface area contributed by atoms with Crippen LogP contribution in [0.3, 0.4) is 0 Å². The number of aromatic nitrogens is 2. The SMILES string of the molecule is CNCc1c(Br)nc(-c2ccccc2)n1C. The first-order chi connectivity index (χ1) is 7.74. The lowest BCUT2D eigenvalue weighted by Crippen LogP contribution is -2.10. The monoisotopic (exact) mass is 279 g/mol. The topological polar surface area (TPSA) is 29.9 Å². The van der Waals surface area contributed by atoms with E-state index >= 15 is 0 Å². The molecule has 1 heterocycles. The highest BCUT2D eigenvalue weighted by Crippen LogP contribution is 2.24. The maximum absolute atomic E-state index is 4.54. The lowest BCUT2D eigenvalue weighted by molar-refractivity contribution is 0.734. The molecule has 1 aromatic carbocycles. The summed E-state index contributed by atoms with van der Waals surface area (Å²) < 4.78 is 3.01. The van der Waals surface area contributed by atoms with Crippen molar-refractivity contribution in [3.63, 3.8) is 0 Å². The number of nitrogens with one attached hydrogen (secondary N) is 1. The lowest BCUT2D eigenvalue weighted by atomic mass is 10.2. The third kappa shape index (κ3) is 2.03. The van der Waals surface area contributed by atoms with Gasteiger partial charge in [-0.1, -0.05) is 30.3 Å². The molecule has 4 heteroatoms. The maximum atomic E-state index is 4.54. The minimum atomic E-state index is 0.802. The van der Waals surface area contributed by atoms with Crippen molar-refractivity contribution in [3.8, 4) is 11.4 Å². The van der Waals surface area contributed by atoms with E-state index in [1.807, 2.05) is 32.3 Å². The van der Waals surface area contributed by atoms with Gasteiger partial charge in [0.25, 0.3) is 0 Å². The molecule has 0 bridgehead atoms. The second-order valence-electron chi connectivity index (χ2n) is 3.63. The predicted molar refractivity (Wildman–Crippen MR) is 69.1 cm³/mol. The van der Waals surface area contributed by atoms with E-state index in [9.17, 15) is 0 Å². The standard InChI is InChI=1S/C12H14BrN3/c1-14-8-10-11(13)15-12(16(10)2)9-6-4-3-5-7-9/h3-7,14H,8H2,1-2H3. The van der Waals surface area contributed by atoms with Crippen LogP contribution in [0, 0.1) is 0 Å². The number of imidazole rings is 1. The van der Waals surface area contributed by atoms with Crippen LogP contribution < -0.4 is 5.32 Å². The number of rotatable bonds is 3. The Hall–Kier alpha value is -1.13. The zero-order valence-corrected chi connectivity index (χ0v) is 11.0. The van der Waals surface area contributed by atoms with Crippen molar-refractivity contribution >= 4 is 15.9 Å². The molecule has 0 aliphatic carbocycles. The summed E-state index contributed by atoms with van der Waals surface area (Å²) in [5.41, 5.74) is 2.29. The van der Waals surface area contributed by atoms with Gasteiger partial charge in [-0.3, -0.25) is 0 Å². The van der Waals surface area contributed by atoms with Crippen LogP contribution in [0.15, 0.2) is 34.9 Å². The van der Waals surface area contributed by atoms with Crippen LogP contribution in [0.5, 0.6) is 0 Å².